The number of aryl methyl sites for hydroxylation is 2. The Hall–Kier alpha value is -4.30. The third kappa shape index (κ3) is 2.63. The second-order valence-corrected chi connectivity index (χ2v) is 9.26. The second kappa shape index (κ2) is 7.10. The first-order valence-electron chi connectivity index (χ1n) is 11.8. The maximum Gasteiger partial charge on any atom is 0.0573 e. The third-order valence-electron chi connectivity index (χ3n) is 7.27. The number of H-pyrrole nitrogens is 2. The van der Waals surface area contributed by atoms with Crippen molar-refractivity contribution in [3.05, 3.63) is 108 Å². The predicted molar refractivity (Wildman–Crippen MR) is 146 cm³/mol. The van der Waals surface area contributed by atoms with E-state index in [1.54, 1.807) is 0 Å². The molecule has 2 N–H and O–H groups in total. The van der Waals surface area contributed by atoms with Gasteiger partial charge in [-0.1, -0.05) is 84.9 Å². The molecule has 2 heteroatoms. The van der Waals surface area contributed by atoms with Gasteiger partial charge >= 0.3 is 0 Å². The van der Waals surface area contributed by atoms with Gasteiger partial charge in [-0.15, -0.1) is 0 Å². The number of hydrogen-bond donors (Lipinski definition) is 2. The lowest BCUT2D eigenvalue weighted by Gasteiger charge is -2.16. The summed E-state index contributed by atoms with van der Waals surface area (Å²) in [6.07, 6.45) is 0. The predicted octanol–water partition coefficient (Wildman–Crippen LogP) is 8.91. The Morgan fingerprint density at radius 3 is 1.79 bits per heavy atom. The van der Waals surface area contributed by atoms with Crippen LogP contribution >= 0.6 is 0 Å². The van der Waals surface area contributed by atoms with Crippen molar-refractivity contribution in [1.82, 2.24) is 9.97 Å². The molecule has 0 radical (unpaired) electrons. The fourth-order valence-corrected chi connectivity index (χ4v) is 5.51. The van der Waals surface area contributed by atoms with Crippen LogP contribution in [0, 0.1) is 13.8 Å². The Bertz CT molecular complexity index is 1870. The van der Waals surface area contributed by atoms with Crippen molar-refractivity contribution in [2.24, 2.45) is 0 Å². The summed E-state index contributed by atoms with van der Waals surface area (Å²) in [4.78, 5) is 7.59. The average Bonchev–Trinajstić information content (AvgIpc) is 3.44. The quantitative estimate of drug-likeness (QED) is 0.271. The van der Waals surface area contributed by atoms with Gasteiger partial charge in [-0.25, -0.2) is 0 Å². The molecule has 0 aliphatic carbocycles. The molecular weight excluding hydrogens is 412 g/mol. The summed E-state index contributed by atoms with van der Waals surface area (Å²) in [6, 6.07) is 35.0. The molecule has 0 unspecified atom stereocenters. The van der Waals surface area contributed by atoms with Crippen LogP contribution in [0.5, 0.6) is 0 Å². The molecule has 7 rings (SSSR count). The van der Waals surface area contributed by atoms with Crippen LogP contribution in [-0.2, 0) is 0 Å². The lowest BCUT2D eigenvalue weighted by Crippen LogP contribution is -1.91. The monoisotopic (exact) mass is 436 g/mol. The molecule has 5 aromatic carbocycles. The number of benzene rings is 5. The van der Waals surface area contributed by atoms with Crippen LogP contribution in [0.4, 0.5) is 0 Å². The summed E-state index contributed by atoms with van der Waals surface area (Å²) in [5.74, 6) is 0. The van der Waals surface area contributed by atoms with Crippen molar-refractivity contribution in [3.63, 3.8) is 0 Å². The summed E-state index contributed by atoms with van der Waals surface area (Å²) < 4.78 is 0. The number of nitrogens with one attached hydrogen (secondary N) is 2. The maximum atomic E-state index is 3.81. The molecule has 0 aliphatic rings. The van der Waals surface area contributed by atoms with E-state index in [0.717, 1.165) is 5.52 Å². The van der Waals surface area contributed by atoms with E-state index >= 15 is 0 Å². The highest BCUT2D eigenvalue weighted by atomic mass is 14.8. The molecule has 0 fully saturated rings. The normalized spacial score (nSPS) is 11.8. The van der Waals surface area contributed by atoms with Gasteiger partial charge in [0.2, 0.25) is 0 Å². The topological polar surface area (TPSA) is 31.6 Å². The van der Waals surface area contributed by atoms with Crippen LogP contribution < -0.4 is 0 Å². The smallest absolute Gasteiger partial charge is 0.0573 e. The van der Waals surface area contributed by atoms with Crippen LogP contribution in [-0.4, -0.2) is 9.97 Å². The highest BCUT2D eigenvalue weighted by Crippen LogP contribution is 2.48. The molecule has 0 amide bonds. The van der Waals surface area contributed by atoms with Crippen molar-refractivity contribution in [2.75, 3.05) is 0 Å². The molecule has 0 saturated carbocycles. The summed E-state index contributed by atoms with van der Waals surface area (Å²) in [6.45, 7) is 4.38. The fraction of sp³-hybridized carbons (Fsp3) is 0.0625. The van der Waals surface area contributed by atoms with E-state index in [1.807, 2.05) is 0 Å². The van der Waals surface area contributed by atoms with Gasteiger partial charge in [0, 0.05) is 43.7 Å². The molecule has 0 saturated heterocycles. The van der Waals surface area contributed by atoms with E-state index in [2.05, 4.69) is 121 Å². The van der Waals surface area contributed by atoms with E-state index in [9.17, 15) is 0 Å². The molecule has 0 atom stereocenters. The lowest BCUT2D eigenvalue weighted by atomic mass is 9.87. The minimum absolute atomic E-state index is 1.16. The highest BCUT2D eigenvalue weighted by Gasteiger charge is 2.23. The van der Waals surface area contributed by atoms with Gasteiger partial charge in [0.25, 0.3) is 0 Å². The van der Waals surface area contributed by atoms with Gasteiger partial charge in [-0.2, -0.15) is 0 Å². The van der Waals surface area contributed by atoms with Gasteiger partial charge in [0.15, 0.2) is 0 Å². The van der Waals surface area contributed by atoms with Crippen LogP contribution in [0.25, 0.3) is 65.9 Å². The zero-order valence-electron chi connectivity index (χ0n) is 19.2. The van der Waals surface area contributed by atoms with Crippen LogP contribution in [0.2, 0.25) is 0 Å². The molecule has 2 heterocycles. The summed E-state index contributed by atoms with van der Waals surface area (Å²) >= 11 is 0. The number of aromatic nitrogens is 2. The standard InChI is InChI=1S/C32H24N2/c1-19-16-17-22(18-20(19)2)28-27(21-10-4-3-5-11-21)29-23-12-6-8-14-25(23)34-32(29)30-24-13-7-9-15-26(24)33-31(28)30/h3-18,33-34H,1-2H3. The number of para-hydroxylation sites is 2. The molecule has 2 aromatic heterocycles. The van der Waals surface area contributed by atoms with Gasteiger partial charge in [-0.05, 0) is 48.2 Å². The van der Waals surface area contributed by atoms with Gasteiger partial charge in [0.1, 0.15) is 0 Å². The van der Waals surface area contributed by atoms with E-state index in [4.69, 9.17) is 0 Å². The molecule has 2 nitrogen and oxygen atoms in total. The van der Waals surface area contributed by atoms with Crippen LogP contribution in [0.3, 0.4) is 0 Å². The van der Waals surface area contributed by atoms with E-state index < -0.39 is 0 Å². The molecule has 0 spiro atoms. The molecule has 0 bridgehead atoms. The van der Waals surface area contributed by atoms with Gasteiger partial charge < -0.3 is 9.97 Å². The maximum absolute atomic E-state index is 3.81. The number of rotatable bonds is 2. The summed E-state index contributed by atoms with van der Waals surface area (Å²) in [5.41, 5.74) is 12.3. The Balaban J connectivity index is 1.82. The van der Waals surface area contributed by atoms with Crippen molar-refractivity contribution in [3.8, 4) is 22.3 Å². The summed E-state index contributed by atoms with van der Waals surface area (Å²) in [7, 11) is 0. The van der Waals surface area contributed by atoms with Crippen LogP contribution in [0.15, 0.2) is 97.1 Å². The Morgan fingerprint density at radius 1 is 0.471 bits per heavy atom. The molecular formula is C32H24N2. The van der Waals surface area contributed by atoms with Crippen molar-refractivity contribution in [1.29, 1.82) is 0 Å². The highest BCUT2D eigenvalue weighted by molar-refractivity contribution is 6.32. The Kier molecular flexibility index (Phi) is 4.01. The van der Waals surface area contributed by atoms with E-state index in [0.29, 0.717) is 0 Å². The zero-order chi connectivity index (χ0) is 22.8. The van der Waals surface area contributed by atoms with Crippen LogP contribution in [0.1, 0.15) is 11.1 Å². The zero-order valence-corrected chi connectivity index (χ0v) is 19.2. The third-order valence-corrected chi connectivity index (χ3v) is 7.27. The summed E-state index contributed by atoms with van der Waals surface area (Å²) in [5, 5.41) is 5.05. The first-order valence-corrected chi connectivity index (χ1v) is 11.8. The van der Waals surface area contributed by atoms with E-state index in [-0.39, 0.29) is 0 Å². The van der Waals surface area contributed by atoms with E-state index in [1.165, 1.54) is 71.5 Å². The second-order valence-electron chi connectivity index (χ2n) is 9.26. The minimum atomic E-state index is 1.16. The minimum Gasteiger partial charge on any atom is -0.354 e. The van der Waals surface area contributed by atoms with Crippen molar-refractivity contribution < 1.29 is 0 Å². The fourth-order valence-electron chi connectivity index (χ4n) is 5.51. The molecule has 7 aromatic rings. The Morgan fingerprint density at radius 2 is 1.09 bits per heavy atom. The number of fused-ring (bicyclic) bond motifs is 7. The largest absolute Gasteiger partial charge is 0.354 e. The van der Waals surface area contributed by atoms with Gasteiger partial charge in [0.05, 0.1) is 11.0 Å². The van der Waals surface area contributed by atoms with Gasteiger partial charge in [-0.3, -0.25) is 0 Å². The first kappa shape index (κ1) is 19.2. The molecule has 162 valence electrons. The molecule has 34 heavy (non-hydrogen) atoms. The van der Waals surface area contributed by atoms with Crippen molar-refractivity contribution >= 4 is 43.6 Å². The number of aromatic amines is 2. The SMILES string of the molecule is Cc1ccc(-c2c(-c3ccccc3)c3c4ccccc4[nH]c3c3c2[nH]c2ccccc23)cc1C. The lowest BCUT2D eigenvalue weighted by molar-refractivity contribution is 1.34. The van der Waals surface area contributed by atoms with Crippen molar-refractivity contribution in [2.45, 2.75) is 13.8 Å². The average molecular weight is 437 g/mol. The Labute approximate surface area is 197 Å². The molecule has 0 aliphatic heterocycles. The first-order chi connectivity index (χ1) is 16.7. The number of hydrogen-bond acceptors (Lipinski definition) is 0.